The molecule has 4 aromatic rings. The number of carbonyl (C=O) groups is 1. The van der Waals surface area contributed by atoms with Gasteiger partial charge in [-0.3, -0.25) is 4.79 Å². The second-order valence-corrected chi connectivity index (χ2v) is 8.61. The van der Waals surface area contributed by atoms with Gasteiger partial charge in [-0.25, -0.2) is 4.39 Å². The van der Waals surface area contributed by atoms with E-state index in [4.69, 9.17) is 0 Å². The number of nitrogens with one attached hydrogen (secondary N) is 1. The van der Waals surface area contributed by atoms with Crippen molar-refractivity contribution in [1.82, 2.24) is 20.1 Å². The van der Waals surface area contributed by atoms with E-state index in [1.54, 1.807) is 23.9 Å². The average Bonchev–Trinajstić information content (AvgIpc) is 3.25. The Morgan fingerprint density at radius 1 is 1.00 bits per heavy atom. The highest BCUT2D eigenvalue weighted by molar-refractivity contribution is 7.98. The van der Waals surface area contributed by atoms with Gasteiger partial charge in [0.25, 0.3) is 5.91 Å². The van der Waals surface area contributed by atoms with Gasteiger partial charge in [0.05, 0.1) is 0 Å². The van der Waals surface area contributed by atoms with Crippen molar-refractivity contribution < 1.29 is 9.18 Å². The monoisotopic (exact) mass is 460 g/mol. The fourth-order valence-corrected chi connectivity index (χ4v) is 4.49. The van der Waals surface area contributed by atoms with E-state index in [0.29, 0.717) is 17.9 Å². The molecule has 33 heavy (non-hydrogen) atoms. The fraction of sp³-hybridized carbons (Fsp3) is 0.192. The Bertz CT molecular complexity index is 1240. The average molecular weight is 461 g/mol. The number of thioether (sulfide) groups is 1. The molecule has 1 heterocycles. The summed E-state index contributed by atoms with van der Waals surface area (Å²) in [5.41, 5.74) is 4.61. The summed E-state index contributed by atoms with van der Waals surface area (Å²) in [6.07, 6.45) is 0. The summed E-state index contributed by atoms with van der Waals surface area (Å²) in [4.78, 5) is 12.8. The van der Waals surface area contributed by atoms with Gasteiger partial charge in [-0.2, -0.15) is 0 Å². The predicted molar refractivity (Wildman–Crippen MR) is 129 cm³/mol. The van der Waals surface area contributed by atoms with E-state index in [2.05, 4.69) is 58.2 Å². The van der Waals surface area contributed by atoms with Gasteiger partial charge >= 0.3 is 0 Å². The molecule has 0 bridgehead atoms. The number of nitrogens with zero attached hydrogens (tertiary/aromatic N) is 3. The van der Waals surface area contributed by atoms with Gasteiger partial charge in [0.1, 0.15) is 5.82 Å². The summed E-state index contributed by atoms with van der Waals surface area (Å²) in [5, 5.41) is 12.6. The third-order valence-electron chi connectivity index (χ3n) is 5.33. The summed E-state index contributed by atoms with van der Waals surface area (Å²) in [6.45, 7) is 5.22. The highest BCUT2D eigenvalue weighted by Gasteiger charge is 2.16. The van der Waals surface area contributed by atoms with E-state index in [-0.39, 0.29) is 11.7 Å². The quantitative estimate of drug-likeness (QED) is 0.346. The van der Waals surface area contributed by atoms with Crippen LogP contribution in [-0.4, -0.2) is 20.7 Å². The molecule has 0 aliphatic rings. The summed E-state index contributed by atoms with van der Waals surface area (Å²) in [7, 11) is 0. The largest absolute Gasteiger partial charge is 0.348 e. The van der Waals surface area contributed by atoms with E-state index >= 15 is 0 Å². The van der Waals surface area contributed by atoms with Gasteiger partial charge in [-0.05, 0) is 43.2 Å². The predicted octanol–water partition coefficient (Wildman–Crippen LogP) is 5.63. The number of aryl methyl sites for hydroxylation is 1. The van der Waals surface area contributed by atoms with E-state index in [1.165, 1.54) is 17.7 Å². The van der Waals surface area contributed by atoms with E-state index < -0.39 is 0 Å². The zero-order valence-corrected chi connectivity index (χ0v) is 19.4. The zero-order valence-electron chi connectivity index (χ0n) is 18.6. The van der Waals surface area contributed by atoms with Crippen LogP contribution < -0.4 is 5.32 Å². The van der Waals surface area contributed by atoms with Crippen LogP contribution in [0.3, 0.4) is 0 Å². The minimum atomic E-state index is -0.294. The SMILES string of the molecule is CCn1c(SCc2ccccc2C(=O)NCc2ccc(F)cc2)nnc1-c1ccc(C)cc1. The smallest absolute Gasteiger partial charge is 0.251 e. The molecule has 0 unspecified atom stereocenters. The van der Waals surface area contributed by atoms with Crippen LogP contribution in [0.5, 0.6) is 0 Å². The first-order valence-corrected chi connectivity index (χ1v) is 11.8. The number of benzene rings is 3. The van der Waals surface area contributed by atoms with Crippen molar-refractivity contribution in [1.29, 1.82) is 0 Å². The lowest BCUT2D eigenvalue weighted by atomic mass is 10.1. The summed E-state index contributed by atoms with van der Waals surface area (Å²) >= 11 is 1.56. The molecule has 0 fully saturated rings. The summed E-state index contributed by atoms with van der Waals surface area (Å²) in [6, 6.07) is 21.9. The molecule has 0 aliphatic carbocycles. The van der Waals surface area contributed by atoms with E-state index in [0.717, 1.165) is 34.2 Å². The normalized spacial score (nSPS) is 10.9. The van der Waals surface area contributed by atoms with E-state index in [9.17, 15) is 9.18 Å². The molecule has 0 atom stereocenters. The molecule has 3 aromatic carbocycles. The van der Waals surface area contributed by atoms with Crippen LogP contribution >= 0.6 is 11.8 Å². The van der Waals surface area contributed by atoms with Crippen LogP contribution in [0.1, 0.15) is 34.0 Å². The number of halogens is 1. The molecule has 5 nitrogen and oxygen atoms in total. The van der Waals surface area contributed by atoms with Crippen LogP contribution in [0, 0.1) is 12.7 Å². The molecule has 0 spiro atoms. The van der Waals surface area contributed by atoms with Crippen LogP contribution in [0.25, 0.3) is 11.4 Å². The number of hydrogen-bond donors (Lipinski definition) is 1. The Kier molecular flexibility index (Phi) is 7.19. The maximum Gasteiger partial charge on any atom is 0.251 e. The van der Waals surface area contributed by atoms with Crippen LogP contribution in [-0.2, 0) is 18.8 Å². The minimum absolute atomic E-state index is 0.159. The van der Waals surface area contributed by atoms with Gasteiger partial charge < -0.3 is 9.88 Å². The maximum absolute atomic E-state index is 13.1. The molecule has 1 N–H and O–H groups in total. The van der Waals surface area contributed by atoms with Gasteiger partial charge in [0.15, 0.2) is 11.0 Å². The first-order chi connectivity index (χ1) is 16.0. The Labute approximate surface area is 197 Å². The van der Waals surface area contributed by atoms with Crippen molar-refractivity contribution in [2.75, 3.05) is 0 Å². The molecule has 1 amide bonds. The minimum Gasteiger partial charge on any atom is -0.348 e. The Hall–Kier alpha value is -3.45. The number of rotatable bonds is 8. The van der Waals surface area contributed by atoms with Crippen molar-refractivity contribution in [3.63, 3.8) is 0 Å². The Balaban J connectivity index is 1.46. The molecular weight excluding hydrogens is 435 g/mol. The molecule has 0 radical (unpaired) electrons. The van der Waals surface area contributed by atoms with Crippen LogP contribution in [0.2, 0.25) is 0 Å². The Morgan fingerprint density at radius 2 is 1.73 bits per heavy atom. The Morgan fingerprint density at radius 3 is 2.45 bits per heavy atom. The maximum atomic E-state index is 13.1. The summed E-state index contributed by atoms with van der Waals surface area (Å²) < 4.78 is 15.2. The molecule has 1 aromatic heterocycles. The molecule has 7 heteroatoms. The van der Waals surface area contributed by atoms with Crippen molar-refractivity contribution >= 4 is 17.7 Å². The van der Waals surface area contributed by atoms with Crippen LogP contribution in [0.15, 0.2) is 78.0 Å². The van der Waals surface area contributed by atoms with Gasteiger partial charge in [0, 0.05) is 30.0 Å². The van der Waals surface area contributed by atoms with Gasteiger partial charge in [-0.1, -0.05) is 71.9 Å². The number of hydrogen-bond acceptors (Lipinski definition) is 4. The zero-order chi connectivity index (χ0) is 23.2. The number of aromatic nitrogens is 3. The lowest BCUT2D eigenvalue weighted by Gasteiger charge is -2.11. The summed E-state index contributed by atoms with van der Waals surface area (Å²) in [5.74, 6) is 0.975. The standard InChI is InChI=1S/C26H25FN4OS/c1-3-31-24(20-12-8-18(2)9-13-20)29-30-26(31)33-17-21-6-4-5-7-23(21)25(32)28-16-19-10-14-22(27)15-11-19/h4-15H,3,16-17H2,1-2H3,(H,28,32). The van der Waals surface area contributed by atoms with Crippen molar-refractivity contribution in [3.05, 3.63) is 101 Å². The first kappa shape index (κ1) is 22.7. The lowest BCUT2D eigenvalue weighted by molar-refractivity contribution is 0.0950. The van der Waals surface area contributed by atoms with Crippen LogP contribution in [0.4, 0.5) is 4.39 Å². The molecule has 168 valence electrons. The second-order valence-electron chi connectivity index (χ2n) is 7.67. The highest BCUT2D eigenvalue weighted by Crippen LogP contribution is 2.27. The first-order valence-electron chi connectivity index (χ1n) is 10.8. The van der Waals surface area contributed by atoms with Gasteiger partial charge in [0.2, 0.25) is 0 Å². The molecule has 4 rings (SSSR count). The molecule has 0 aliphatic heterocycles. The number of carbonyl (C=O) groups excluding carboxylic acids is 1. The third kappa shape index (κ3) is 5.49. The number of amides is 1. The molecule has 0 saturated heterocycles. The third-order valence-corrected chi connectivity index (χ3v) is 6.34. The van der Waals surface area contributed by atoms with Crippen molar-refractivity contribution in [2.45, 2.75) is 37.8 Å². The van der Waals surface area contributed by atoms with Gasteiger partial charge in [-0.15, -0.1) is 10.2 Å². The van der Waals surface area contributed by atoms with E-state index in [1.807, 2.05) is 24.3 Å². The fourth-order valence-electron chi connectivity index (χ4n) is 3.49. The molecular formula is C26H25FN4OS. The second kappa shape index (κ2) is 10.4. The lowest BCUT2D eigenvalue weighted by Crippen LogP contribution is -2.23. The topological polar surface area (TPSA) is 59.8 Å². The van der Waals surface area contributed by atoms with Crippen molar-refractivity contribution in [3.8, 4) is 11.4 Å². The van der Waals surface area contributed by atoms with Crippen molar-refractivity contribution in [2.24, 2.45) is 0 Å². The highest BCUT2D eigenvalue weighted by atomic mass is 32.2. The molecule has 0 saturated carbocycles.